The van der Waals surface area contributed by atoms with E-state index >= 15 is 0 Å². The molecule has 2 rings (SSSR count). The molecule has 0 aliphatic heterocycles. The first-order valence-electron chi connectivity index (χ1n) is 6.67. The van der Waals surface area contributed by atoms with Gasteiger partial charge in [0.2, 0.25) is 5.91 Å². The highest BCUT2D eigenvalue weighted by Gasteiger charge is 2.51. The summed E-state index contributed by atoms with van der Waals surface area (Å²) >= 11 is 0. The Balaban J connectivity index is 2.05. The van der Waals surface area contributed by atoms with Crippen LogP contribution in [-0.2, 0) is 4.79 Å². The Kier molecular flexibility index (Phi) is 4.19. The summed E-state index contributed by atoms with van der Waals surface area (Å²) in [6.45, 7) is 2.16. The van der Waals surface area contributed by atoms with Crippen molar-refractivity contribution in [2.45, 2.75) is 38.1 Å². The van der Waals surface area contributed by atoms with Crippen LogP contribution in [0.15, 0.2) is 34.7 Å². The molecule has 0 saturated carbocycles. The van der Waals surface area contributed by atoms with Crippen LogP contribution < -0.4 is 5.32 Å². The quantitative estimate of drug-likeness (QED) is 0.910. The van der Waals surface area contributed by atoms with Crippen LogP contribution >= 0.6 is 0 Å². The van der Waals surface area contributed by atoms with Crippen molar-refractivity contribution in [2.24, 2.45) is 0 Å². The van der Waals surface area contributed by atoms with Crippen LogP contribution in [0.5, 0.6) is 0 Å². The highest BCUT2D eigenvalue weighted by Crippen LogP contribution is 2.32. The van der Waals surface area contributed by atoms with Crippen LogP contribution in [0.1, 0.15) is 32.1 Å². The van der Waals surface area contributed by atoms with Gasteiger partial charge < -0.3 is 14.8 Å². The molecule has 0 aliphatic rings. The molecule has 0 aliphatic carbocycles. The maximum atomic E-state index is 12.5. The zero-order chi connectivity index (χ0) is 16.5. The Morgan fingerprint density at radius 3 is 2.59 bits per heavy atom. The van der Waals surface area contributed by atoms with E-state index in [1.54, 1.807) is 25.1 Å². The van der Waals surface area contributed by atoms with Crippen LogP contribution in [0.2, 0.25) is 0 Å². The van der Waals surface area contributed by atoms with Gasteiger partial charge in [0.15, 0.2) is 5.60 Å². The third kappa shape index (κ3) is 3.41. The second-order valence-corrected chi connectivity index (χ2v) is 5.42. The van der Waals surface area contributed by atoms with E-state index in [0.717, 1.165) is 5.39 Å². The molecule has 1 heterocycles. The molecule has 0 bridgehead atoms. The normalized spacial score (nSPS) is 16.3. The number of fused-ring (bicyclic) bond motifs is 1. The van der Waals surface area contributed by atoms with E-state index in [1.807, 2.05) is 12.1 Å². The van der Waals surface area contributed by atoms with E-state index in [2.05, 4.69) is 5.32 Å². The van der Waals surface area contributed by atoms with Gasteiger partial charge in [0.1, 0.15) is 11.3 Å². The molecule has 2 aromatic rings. The van der Waals surface area contributed by atoms with E-state index in [0.29, 0.717) is 18.3 Å². The van der Waals surface area contributed by atoms with Crippen molar-refractivity contribution in [2.75, 3.05) is 0 Å². The Bertz CT molecular complexity index is 643. The molecule has 22 heavy (non-hydrogen) atoms. The van der Waals surface area contributed by atoms with Crippen LogP contribution in [0.3, 0.4) is 0 Å². The van der Waals surface area contributed by atoms with E-state index < -0.39 is 30.1 Å². The Labute approximate surface area is 124 Å². The van der Waals surface area contributed by atoms with Gasteiger partial charge in [-0.3, -0.25) is 4.79 Å². The van der Waals surface area contributed by atoms with Crippen molar-refractivity contribution in [3.05, 3.63) is 36.1 Å². The fraction of sp³-hybridized carbons (Fsp3) is 0.400. The van der Waals surface area contributed by atoms with Crippen molar-refractivity contribution in [3.63, 3.8) is 0 Å². The third-order valence-electron chi connectivity index (χ3n) is 3.36. The van der Waals surface area contributed by atoms with Gasteiger partial charge in [0.25, 0.3) is 0 Å². The van der Waals surface area contributed by atoms with Gasteiger partial charge >= 0.3 is 6.18 Å². The van der Waals surface area contributed by atoms with E-state index in [4.69, 9.17) is 4.42 Å². The summed E-state index contributed by atoms with van der Waals surface area (Å²) in [5.41, 5.74) is -2.44. The number of nitrogens with one attached hydrogen (secondary N) is 1. The van der Waals surface area contributed by atoms with E-state index in [1.165, 1.54) is 0 Å². The summed E-state index contributed by atoms with van der Waals surface area (Å²) in [6.07, 6.45) is -5.94. The lowest BCUT2D eigenvalue weighted by Crippen LogP contribution is -2.46. The second-order valence-electron chi connectivity index (χ2n) is 5.42. The lowest BCUT2D eigenvalue weighted by atomic mass is 10.0. The van der Waals surface area contributed by atoms with Crippen LogP contribution in [0.4, 0.5) is 13.2 Å². The zero-order valence-corrected chi connectivity index (χ0v) is 12.1. The maximum Gasteiger partial charge on any atom is 0.417 e. The SMILES string of the molecule is C[C@H](NC(=O)C[C@@](C)(O)C(F)(F)F)c1cc2ccccc2o1. The highest BCUT2D eigenvalue weighted by molar-refractivity contribution is 5.79. The van der Waals surface area contributed by atoms with Gasteiger partial charge in [-0.2, -0.15) is 13.2 Å². The molecule has 1 aromatic carbocycles. The zero-order valence-electron chi connectivity index (χ0n) is 12.1. The molecule has 0 spiro atoms. The minimum atomic E-state index is -4.87. The number of amides is 1. The average molecular weight is 315 g/mol. The van der Waals surface area contributed by atoms with Crippen molar-refractivity contribution in [1.82, 2.24) is 5.32 Å². The topological polar surface area (TPSA) is 62.5 Å². The molecule has 120 valence electrons. The largest absolute Gasteiger partial charge is 0.459 e. The van der Waals surface area contributed by atoms with Gasteiger partial charge in [0, 0.05) is 5.39 Å². The number of aliphatic hydroxyl groups is 1. The molecular weight excluding hydrogens is 299 g/mol. The number of para-hydroxylation sites is 1. The standard InChI is InChI=1S/C15H16F3NO3/c1-9(12-7-10-5-3-4-6-11(10)22-12)19-13(20)8-14(2,21)15(16,17)18/h3-7,9,21H,8H2,1-2H3,(H,19,20)/t9-,14+/m0/s1. The number of benzene rings is 1. The fourth-order valence-electron chi connectivity index (χ4n) is 1.99. The number of furan rings is 1. The molecule has 0 fully saturated rings. The number of hydrogen-bond donors (Lipinski definition) is 2. The van der Waals surface area contributed by atoms with Gasteiger partial charge in [-0.05, 0) is 26.0 Å². The summed E-state index contributed by atoms with van der Waals surface area (Å²) in [5.74, 6) is -0.475. The highest BCUT2D eigenvalue weighted by atomic mass is 19.4. The van der Waals surface area contributed by atoms with Crippen molar-refractivity contribution in [1.29, 1.82) is 0 Å². The number of alkyl halides is 3. The van der Waals surface area contributed by atoms with Crippen molar-refractivity contribution in [3.8, 4) is 0 Å². The Hall–Kier alpha value is -2.02. The second kappa shape index (κ2) is 5.64. The van der Waals surface area contributed by atoms with Gasteiger partial charge in [0.05, 0.1) is 12.5 Å². The number of carbonyl (C=O) groups excluding carboxylic acids is 1. The molecular formula is C15H16F3NO3. The first-order chi connectivity index (χ1) is 10.1. The minimum Gasteiger partial charge on any atom is -0.459 e. The molecule has 2 atom stereocenters. The molecule has 7 heteroatoms. The molecule has 0 radical (unpaired) electrons. The number of rotatable bonds is 4. The summed E-state index contributed by atoms with van der Waals surface area (Å²) in [4.78, 5) is 11.7. The summed E-state index contributed by atoms with van der Waals surface area (Å²) in [5, 5.41) is 12.5. The van der Waals surface area contributed by atoms with Gasteiger partial charge in [-0.15, -0.1) is 0 Å². The molecule has 2 N–H and O–H groups in total. The lowest BCUT2D eigenvalue weighted by molar-refractivity contribution is -0.253. The van der Waals surface area contributed by atoms with E-state index in [-0.39, 0.29) is 0 Å². The summed E-state index contributed by atoms with van der Waals surface area (Å²) in [6, 6.07) is 8.30. The first kappa shape index (κ1) is 16.4. The predicted molar refractivity (Wildman–Crippen MR) is 74.1 cm³/mol. The van der Waals surface area contributed by atoms with Crippen LogP contribution in [0.25, 0.3) is 11.0 Å². The molecule has 1 amide bonds. The lowest BCUT2D eigenvalue weighted by Gasteiger charge is -2.26. The molecule has 0 saturated heterocycles. The van der Waals surface area contributed by atoms with Crippen molar-refractivity contribution < 1.29 is 27.5 Å². The smallest absolute Gasteiger partial charge is 0.417 e. The maximum absolute atomic E-state index is 12.5. The number of halogens is 3. The van der Waals surface area contributed by atoms with Gasteiger partial charge in [-0.25, -0.2) is 0 Å². The Morgan fingerprint density at radius 1 is 1.36 bits per heavy atom. The minimum absolute atomic E-state index is 0.432. The molecule has 4 nitrogen and oxygen atoms in total. The third-order valence-corrected chi connectivity index (χ3v) is 3.36. The first-order valence-corrected chi connectivity index (χ1v) is 6.67. The predicted octanol–water partition coefficient (Wildman–Crippen LogP) is 3.31. The molecule has 1 aromatic heterocycles. The monoisotopic (exact) mass is 315 g/mol. The summed E-state index contributed by atoms with van der Waals surface area (Å²) in [7, 11) is 0. The number of carbonyl (C=O) groups is 1. The average Bonchev–Trinajstić information content (AvgIpc) is 2.80. The summed E-state index contributed by atoms with van der Waals surface area (Å²) < 4.78 is 43.2. The van der Waals surface area contributed by atoms with Crippen LogP contribution in [0, 0.1) is 0 Å². The van der Waals surface area contributed by atoms with Crippen LogP contribution in [-0.4, -0.2) is 22.8 Å². The Morgan fingerprint density at radius 2 is 2.00 bits per heavy atom. The molecule has 0 unspecified atom stereocenters. The fourth-order valence-corrected chi connectivity index (χ4v) is 1.99. The van der Waals surface area contributed by atoms with Gasteiger partial charge in [-0.1, -0.05) is 18.2 Å². The van der Waals surface area contributed by atoms with E-state index in [9.17, 15) is 23.1 Å². The van der Waals surface area contributed by atoms with Crippen molar-refractivity contribution >= 4 is 16.9 Å². The number of hydrogen-bond acceptors (Lipinski definition) is 3.